The number of nitrogens with one attached hydrogen (secondary N) is 1. The number of pyridine rings is 1. The molecule has 1 aliphatic heterocycles. The summed E-state index contributed by atoms with van der Waals surface area (Å²) in [7, 11) is 0. The van der Waals surface area contributed by atoms with Crippen molar-refractivity contribution in [2.24, 2.45) is 0 Å². The molecule has 1 N–H and O–H groups in total. The van der Waals surface area contributed by atoms with Gasteiger partial charge >= 0.3 is 0 Å². The maximum absolute atomic E-state index is 12.7. The Balaban J connectivity index is 1.75. The molecule has 0 atom stereocenters. The van der Waals surface area contributed by atoms with Crippen molar-refractivity contribution in [3.05, 3.63) is 58.4 Å². The van der Waals surface area contributed by atoms with E-state index in [1.165, 1.54) is 12.4 Å². The molecule has 5 nitrogen and oxygen atoms in total. The average molecular weight is 372 g/mol. The largest absolute Gasteiger partial charge is 0.339 e. The van der Waals surface area contributed by atoms with Crippen LogP contribution in [-0.4, -0.2) is 34.8 Å². The van der Waals surface area contributed by atoms with Crippen LogP contribution in [0.25, 0.3) is 0 Å². The fraction of sp³-hybridized carbons (Fsp3) is 0.350. The Bertz CT molecular complexity index is 814. The van der Waals surface area contributed by atoms with Crippen molar-refractivity contribution in [3.63, 3.8) is 0 Å². The van der Waals surface area contributed by atoms with Crippen molar-refractivity contribution >= 4 is 29.1 Å². The molecule has 0 bridgehead atoms. The lowest BCUT2D eigenvalue weighted by atomic mass is 10.1. The fourth-order valence-electron chi connectivity index (χ4n) is 3.10. The number of aryl methyl sites for hydroxylation is 1. The molecule has 0 radical (unpaired) electrons. The van der Waals surface area contributed by atoms with Gasteiger partial charge in [-0.3, -0.25) is 14.6 Å². The first-order chi connectivity index (χ1) is 12.5. The molecular formula is C20H22ClN3O2. The molecule has 2 heterocycles. The Kier molecular flexibility index (Phi) is 5.89. The van der Waals surface area contributed by atoms with E-state index >= 15 is 0 Å². The van der Waals surface area contributed by atoms with Crippen molar-refractivity contribution in [1.82, 2.24) is 9.88 Å². The summed E-state index contributed by atoms with van der Waals surface area (Å²) in [5.41, 5.74) is 2.37. The van der Waals surface area contributed by atoms with E-state index in [4.69, 9.17) is 11.6 Å². The molecule has 1 aliphatic rings. The van der Waals surface area contributed by atoms with Crippen LogP contribution >= 0.6 is 11.6 Å². The van der Waals surface area contributed by atoms with Gasteiger partial charge in [-0.2, -0.15) is 0 Å². The van der Waals surface area contributed by atoms with Gasteiger partial charge in [-0.05, 0) is 49.6 Å². The van der Waals surface area contributed by atoms with E-state index in [0.29, 0.717) is 21.8 Å². The molecular weight excluding hydrogens is 350 g/mol. The number of likely N-dealkylation sites (tertiary alicyclic amines) is 1. The molecule has 0 aliphatic carbocycles. The van der Waals surface area contributed by atoms with Gasteiger partial charge in [0.05, 0.1) is 11.1 Å². The number of hydrogen-bond acceptors (Lipinski definition) is 3. The first-order valence-corrected chi connectivity index (χ1v) is 9.24. The number of benzene rings is 1. The van der Waals surface area contributed by atoms with Crippen LogP contribution < -0.4 is 5.32 Å². The quantitative estimate of drug-likeness (QED) is 0.874. The van der Waals surface area contributed by atoms with Crippen LogP contribution in [0.4, 0.5) is 5.69 Å². The van der Waals surface area contributed by atoms with Crippen LogP contribution in [-0.2, 0) is 0 Å². The molecule has 2 amide bonds. The summed E-state index contributed by atoms with van der Waals surface area (Å²) in [5.74, 6) is -0.356. The van der Waals surface area contributed by atoms with Crippen molar-refractivity contribution in [3.8, 4) is 0 Å². The second kappa shape index (κ2) is 8.32. The van der Waals surface area contributed by atoms with Crippen LogP contribution in [0.3, 0.4) is 0 Å². The van der Waals surface area contributed by atoms with E-state index in [1.807, 2.05) is 11.8 Å². The predicted octanol–water partition coefficient (Wildman–Crippen LogP) is 4.31. The maximum atomic E-state index is 12.7. The summed E-state index contributed by atoms with van der Waals surface area (Å²) in [5, 5.41) is 3.46. The molecule has 136 valence electrons. The zero-order valence-corrected chi connectivity index (χ0v) is 15.6. The minimum atomic E-state index is -0.298. The highest BCUT2D eigenvalue weighted by Gasteiger charge is 2.19. The lowest BCUT2D eigenvalue weighted by Crippen LogP contribution is -2.32. The molecule has 1 fully saturated rings. The molecule has 1 saturated heterocycles. The van der Waals surface area contributed by atoms with Gasteiger partial charge in [-0.15, -0.1) is 0 Å². The second-order valence-electron chi connectivity index (χ2n) is 6.58. The van der Waals surface area contributed by atoms with Gasteiger partial charge < -0.3 is 10.2 Å². The summed E-state index contributed by atoms with van der Waals surface area (Å²) >= 11 is 5.95. The maximum Gasteiger partial charge on any atom is 0.257 e. The zero-order valence-electron chi connectivity index (χ0n) is 14.8. The summed E-state index contributed by atoms with van der Waals surface area (Å²) in [6.45, 7) is 3.40. The number of carbonyl (C=O) groups is 2. The van der Waals surface area contributed by atoms with Gasteiger partial charge in [0, 0.05) is 36.2 Å². The van der Waals surface area contributed by atoms with Crippen LogP contribution in [0.1, 0.15) is 52.0 Å². The summed E-state index contributed by atoms with van der Waals surface area (Å²) in [6.07, 6.45) is 7.36. The van der Waals surface area contributed by atoms with E-state index in [1.54, 1.807) is 24.3 Å². The predicted molar refractivity (Wildman–Crippen MR) is 103 cm³/mol. The number of amides is 2. The Labute approximate surface area is 158 Å². The Morgan fingerprint density at radius 3 is 2.42 bits per heavy atom. The van der Waals surface area contributed by atoms with Gasteiger partial charge in [0.25, 0.3) is 11.8 Å². The summed E-state index contributed by atoms with van der Waals surface area (Å²) in [6, 6.07) is 6.88. The smallest absolute Gasteiger partial charge is 0.257 e. The van der Waals surface area contributed by atoms with Crippen molar-refractivity contribution < 1.29 is 9.59 Å². The van der Waals surface area contributed by atoms with Gasteiger partial charge in [0.1, 0.15) is 0 Å². The Morgan fingerprint density at radius 2 is 1.73 bits per heavy atom. The molecule has 0 unspecified atom stereocenters. The molecule has 1 aromatic carbocycles. The molecule has 0 saturated carbocycles. The number of anilines is 1. The normalized spacial score (nSPS) is 14.6. The summed E-state index contributed by atoms with van der Waals surface area (Å²) < 4.78 is 0. The van der Waals surface area contributed by atoms with Crippen LogP contribution in [0.15, 0.2) is 36.7 Å². The first-order valence-electron chi connectivity index (χ1n) is 8.86. The fourth-order valence-corrected chi connectivity index (χ4v) is 3.33. The number of halogens is 1. The Morgan fingerprint density at radius 1 is 1.04 bits per heavy atom. The van der Waals surface area contributed by atoms with Crippen LogP contribution in [0.2, 0.25) is 5.02 Å². The molecule has 1 aromatic heterocycles. The third-order valence-corrected chi connectivity index (χ3v) is 4.81. The van der Waals surface area contributed by atoms with Crippen molar-refractivity contribution in [1.29, 1.82) is 0 Å². The Hall–Kier alpha value is -2.40. The van der Waals surface area contributed by atoms with Gasteiger partial charge in [-0.1, -0.05) is 24.4 Å². The van der Waals surface area contributed by atoms with E-state index in [2.05, 4.69) is 10.3 Å². The van der Waals surface area contributed by atoms with E-state index in [-0.39, 0.29) is 11.8 Å². The third kappa shape index (κ3) is 4.41. The highest BCUT2D eigenvalue weighted by atomic mass is 35.5. The van der Waals surface area contributed by atoms with Crippen LogP contribution in [0.5, 0.6) is 0 Å². The van der Waals surface area contributed by atoms with Crippen LogP contribution in [0, 0.1) is 6.92 Å². The number of rotatable bonds is 3. The number of aromatic nitrogens is 1. The minimum Gasteiger partial charge on any atom is -0.339 e. The monoisotopic (exact) mass is 371 g/mol. The van der Waals surface area contributed by atoms with Crippen molar-refractivity contribution in [2.75, 3.05) is 18.4 Å². The molecule has 2 aromatic rings. The second-order valence-corrected chi connectivity index (χ2v) is 7.02. The zero-order chi connectivity index (χ0) is 18.5. The number of nitrogens with zero attached hydrogens (tertiary/aromatic N) is 2. The standard InChI is InChI=1S/C20H22ClN3O2/c1-14-10-17(21)6-7-18(14)23-19(25)15-11-16(13-22-12-15)20(26)24-8-4-2-3-5-9-24/h6-7,10-13H,2-5,8-9H2,1H3,(H,23,25). The highest BCUT2D eigenvalue weighted by molar-refractivity contribution is 6.30. The van der Waals surface area contributed by atoms with Gasteiger partial charge in [-0.25, -0.2) is 0 Å². The number of carbonyl (C=O) groups excluding carboxylic acids is 2. The van der Waals surface area contributed by atoms with E-state index in [9.17, 15) is 9.59 Å². The first kappa shape index (κ1) is 18.4. The SMILES string of the molecule is Cc1cc(Cl)ccc1NC(=O)c1cncc(C(=O)N2CCCCCC2)c1. The molecule has 26 heavy (non-hydrogen) atoms. The average Bonchev–Trinajstić information content (AvgIpc) is 2.93. The van der Waals surface area contributed by atoms with E-state index in [0.717, 1.165) is 44.3 Å². The minimum absolute atomic E-state index is 0.0586. The highest BCUT2D eigenvalue weighted by Crippen LogP contribution is 2.20. The van der Waals surface area contributed by atoms with Gasteiger partial charge in [0.2, 0.25) is 0 Å². The molecule has 0 spiro atoms. The van der Waals surface area contributed by atoms with Crippen molar-refractivity contribution in [2.45, 2.75) is 32.6 Å². The topological polar surface area (TPSA) is 62.3 Å². The summed E-state index contributed by atoms with van der Waals surface area (Å²) in [4.78, 5) is 31.2. The third-order valence-electron chi connectivity index (χ3n) is 4.58. The van der Waals surface area contributed by atoms with E-state index < -0.39 is 0 Å². The number of hydrogen-bond donors (Lipinski definition) is 1. The lowest BCUT2D eigenvalue weighted by molar-refractivity contribution is 0.0761. The molecule has 3 rings (SSSR count). The molecule has 6 heteroatoms. The van der Waals surface area contributed by atoms with Gasteiger partial charge in [0.15, 0.2) is 0 Å². The lowest BCUT2D eigenvalue weighted by Gasteiger charge is -2.20.